The third-order valence-corrected chi connectivity index (χ3v) is 3.60. The maximum atomic E-state index is 6.06. The zero-order chi connectivity index (χ0) is 12.3. The SMILES string of the molecule is COCc1ccccc1N1CCC(N)C(C)C1. The van der Waals surface area contributed by atoms with Gasteiger partial charge in [-0.15, -0.1) is 0 Å². The fourth-order valence-electron chi connectivity index (χ4n) is 2.48. The van der Waals surface area contributed by atoms with Gasteiger partial charge in [0.25, 0.3) is 0 Å². The molecule has 17 heavy (non-hydrogen) atoms. The molecule has 94 valence electrons. The average molecular weight is 234 g/mol. The summed E-state index contributed by atoms with van der Waals surface area (Å²) in [5.74, 6) is 0.555. The minimum atomic E-state index is 0.348. The average Bonchev–Trinajstić information content (AvgIpc) is 2.34. The minimum Gasteiger partial charge on any atom is -0.380 e. The predicted octanol–water partition coefficient (Wildman–Crippen LogP) is 2.01. The van der Waals surface area contributed by atoms with Crippen molar-refractivity contribution >= 4 is 5.69 Å². The van der Waals surface area contributed by atoms with E-state index in [1.54, 1.807) is 7.11 Å². The molecule has 2 N–H and O–H groups in total. The summed E-state index contributed by atoms with van der Waals surface area (Å²) in [5.41, 5.74) is 8.62. The number of ether oxygens (including phenoxy) is 1. The van der Waals surface area contributed by atoms with Crippen LogP contribution in [-0.2, 0) is 11.3 Å². The molecule has 0 aromatic heterocycles. The Balaban J connectivity index is 2.16. The van der Waals surface area contributed by atoms with Crippen molar-refractivity contribution in [2.75, 3.05) is 25.1 Å². The van der Waals surface area contributed by atoms with E-state index in [4.69, 9.17) is 10.5 Å². The molecule has 0 radical (unpaired) electrons. The van der Waals surface area contributed by atoms with Crippen LogP contribution in [-0.4, -0.2) is 26.2 Å². The monoisotopic (exact) mass is 234 g/mol. The lowest BCUT2D eigenvalue weighted by Crippen LogP contribution is -2.46. The van der Waals surface area contributed by atoms with Crippen molar-refractivity contribution in [3.8, 4) is 0 Å². The number of methoxy groups -OCH3 is 1. The highest BCUT2D eigenvalue weighted by Crippen LogP contribution is 2.26. The van der Waals surface area contributed by atoms with Gasteiger partial charge in [-0.3, -0.25) is 0 Å². The Bertz CT molecular complexity index is 367. The Labute approximate surface area is 104 Å². The highest BCUT2D eigenvalue weighted by atomic mass is 16.5. The summed E-state index contributed by atoms with van der Waals surface area (Å²) >= 11 is 0. The van der Waals surface area contributed by atoms with Crippen molar-refractivity contribution in [1.29, 1.82) is 0 Å². The fourth-order valence-corrected chi connectivity index (χ4v) is 2.48. The van der Waals surface area contributed by atoms with E-state index in [1.165, 1.54) is 11.3 Å². The van der Waals surface area contributed by atoms with Crippen LogP contribution in [0, 0.1) is 5.92 Å². The van der Waals surface area contributed by atoms with E-state index in [-0.39, 0.29) is 0 Å². The topological polar surface area (TPSA) is 38.5 Å². The molecule has 2 rings (SSSR count). The number of nitrogens with zero attached hydrogens (tertiary/aromatic N) is 1. The summed E-state index contributed by atoms with van der Waals surface area (Å²) < 4.78 is 5.26. The summed E-state index contributed by atoms with van der Waals surface area (Å²) in [7, 11) is 1.74. The van der Waals surface area contributed by atoms with Gasteiger partial charge < -0.3 is 15.4 Å². The second-order valence-corrected chi connectivity index (χ2v) is 4.94. The van der Waals surface area contributed by atoms with Crippen LogP contribution in [0.25, 0.3) is 0 Å². The number of para-hydroxylation sites is 1. The van der Waals surface area contributed by atoms with Crippen LogP contribution in [0.3, 0.4) is 0 Å². The lowest BCUT2D eigenvalue weighted by atomic mass is 9.94. The van der Waals surface area contributed by atoms with Gasteiger partial charge in [0.05, 0.1) is 6.61 Å². The second kappa shape index (κ2) is 5.52. The van der Waals surface area contributed by atoms with Gasteiger partial charge in [-0.25, -0.2) is 0 Å². The molecule has 1 saturated heterocycles. The van der Waals surface area contributed by atoms with Gasteiger partial charge in [0.15, 0.2) is 0 Å². The molecular formula is C14H22N2O. The molecule has 1 aliphatic heterocycles. The highest BCUT2D eigenvalue weighted by Gasteiger charge is 2.24. The van der Waals surface area contributed by atoms with Crippen LogP contribution >= 0.6 is 0 Å². The normalized spacial score (nSPS) is 25.0. The van der Waals surface area contributed by atoms with Crippen LogP contribution in [0.4, 0.5) is 5.69 Å². The molecule has 2 atom stereocenters. The van der Waals surface area contributed by atoms with Gasteiger partial charge in [-0.2, -0.15) is 0 Å². The molecular weight excluding hydrogens is 212 g/mol. The van der Waals surface area contributed by atoms with Crippen molar-refractivity contribution in [3.63, 3.8) is 0 Å². The fraction of sp³-hybridized carbons (Fsp3) is 0.571. The number of hydrogen-bond acceptors (Lipinski definition) is 3. The molecule has 0 saturated carbocycles. The summed E-state index contributed by atoms with van der Waals surface area (Å²) in [6, 6.07) is 8.82. The van der Waals surface area contributed by atoms with Crippen LogP contribution in [0.15, 0.2) is 24.3 Å². The van der Waals surface area contributed by atoms with Gasteiger partial charge in [0, 0.05) is 37.5 Å². The Kier molecular flexibility index (Phi) is 4.02. The lowest BCUT2D eigenvalue weighted by Gasteiger charge is -2.37. The van der Waals surface area contributed by atoms with Crippen molar-refractivity contribution in [2.24, 2.45) is 11.7 Å². The molecule has 3 nitrogen and oxygen atoms in total. The number of hydrogen-bond donors (Lipinski definition) is 1. The quantitative estimate of drug-likeness (QED) is 0.869. The third-order valence-electron chi connectivity index (χ3n) is 3.60. The Morgan fingerprint density at radius 3 is 2.88 bits per heavy atom. The number of nitrogens with two attached hydrogens (primary N) is 1. The number of rotatable bonds is 3. The zero-order valence-electron chi connectivity index (χ0n) is 10.7. The number of piperidine rings is 1. The lowest BCUT2D eigenvalue weighted by molar-refractivity contribution is 0.185. The molecule has 1 heterocycles. The van der Waals surface area contributed by atoms with E-state index in [0.717, 1.165) is 19.5 Å². The Morgan fingerprint density at radius 2 is 2.18 bits per heavy atom. The van der Waals surface area contributed by atoms with Gasteiger partial charge in [-0.1, -0.05) is 25.1 Å². The van der Waals surface area contributed by atoms with E-state index in [2.05, 4.69) is 36.1 Å². The van der Waals surface area contributed by atoms with Gasteiger partial charge in [0.2, 0.25) is 0 Å². The van der Waals surface area contributed by atoms with Gasteiger partial charge in [-0.05, 0) is 18.4 Å². The molecule has 1 aromatic rings. The molecule has 0 bridgehead atoms. The van der Waals surface area contributed by atoms with E-state index < -0.39 is 0 Å². The van der Waals surface area contributed by atoms with Gasteiger partial charge >= 0.3 is 0 Å². The summed E-state index contributed by atoms with van der Waals surface area (Å²) in [4.78, 5) is 2.43. The summed E-state index contributed by atoms with van der Waals surface area (Å²) in [6.45, 7) is 5.00. The zero-order valence-corrected chi connectivity index (χ0v) is 10.7. The minimum absolute atomic E-state index is 0.348. The molecule has 1 aromatic carbocycles. The first-order chi connectivity index (χ1) is 8.22. The number of benzene rings is 1. The van der Waals surface area contributed by atoms with E-state index in [9.17, 15) is 0 Å². The summed E-state index contributed by atoms with van der Waals surface area (Å²) in [5, 5.41) is 0. The second-order valence-electron chi connectivity index (χ2n) is 4.94. The molecule has 0 amide bonds. The van der Waals surface area contributed by atoms with Crippen molar-refractivity contribution in [1.82, 2.24) is 0 Å². The molecule has 1 aliphatic rings. The van der Waals surface area contributed by atoms with Crippen LogP contribution in [0.2, 0.25) is 0 Å². The van der Waals surface area contributed by atoms with E-state index in [0.29, 0.717) is 18.6 Å². The first-order valence-electron chi connectivity index (χ1n) is 6.29. The maximum absolute atomic E-state index is 6.06. The Morgan fingerprint density at radius 1 is 1.41 bits per heavy atom. The smallest absolute Gasteiger partial charge is 0.0733 e. The summed E-state index contributed by atoms with van der Waals surface area (Å²) in [6.07, 6.45) is 1.07. The highest BCUT2D eigenvalue weighted by molar-refractivity contribution is 5.53. The molecule has 2 unspecified atom stereocenters. The first kappa shape index (κ1) is 12.4. The first-order valence-corrected chi connectivity index (χ1v) is 6.29. The predicted molar refractivity (Wildman–Crippen MR) is 71.1 cm³/mol. The van der Waals surface area contributed by atoms with Crippen molar-refractivity contribution < 1.29 is 4.74 Å². The van der Waals surface area contributed by atoms with Crippen molar-refractivity contribution in [3.05, 3.63) is 29.8 Å². The molecule has 0 spiro atoms. The standard InChI is InChI=1S/C14H22N2O/c1-11-9-16(8-7-13(11)15)14-6-4-3-5-12(14)10-17-2/h3-6,11,13H,7-10,15H2,1-2H3. The maximum Gasteiger partial charge on any atom is 0.0733 e. The third kappa shape index (κ3) is 2.79. The number of anilines is 1. The van der Waals surface area contributed by atoms with E-state index >= 15 is 0 Å². The van der Waals surface area contributed by atoms with Crippen molar-refractivity contribution in [2.45, 2.75) is 26.0 Å². The van der Waals surface area contributed by atoms with Gasteiger partial charge in [0.1, 0.15) is 0 Å². The van der Waals surface area contributed by atoms with Crippen LogP contribution in [0.5, 0.6) is 0 Å². The molecule has 1 fully saturated rings. The van der Waals surface area contributed by atoms with Crippen LogP contribution in [0.1, 0.15) is 18.9 Å². The van der Waals surface area contributed by atoms with E-state index in [1.807, 2.05) is 0 Å². The molecule has 0 aliphatic carbocycles. The van der Waals surface area contributed by atoms with Crippen LogP contribution < -0.4 is 10.6 Å². The largest absolute Gasteiger partial charge is 0.380 e. The Hall–Kier alpha value is -1.06. The molecule has 3 heteroatoms.